The monoisotopic (exact) mass is 1380 g/mol. The lowest BCUT2D eigenvalue weighted by Gasteiger charge is -2.48. The molecule has 0 fully saturated rings. The highest BCUT2D eigenvalue weighted by atomic mass is 15.2. The van der Waals surface area contributed by atoms with E-state index in [1.807, 2.05) is 0 Å². The van der Waals surface area contributed by atoms with Crippen LogP contribution in [0.2, 0.25) is 0 Å². The molecule has 0 saturated carbocycles. The third-order valence-corrected chi connectivity index (χ3v) is 26.6. The molecule has 17 aromatic carbocycles. The highest BCUT2D eigenvalue weighted by Crippen LogP contribution is 2.71. The number of para-hydroxylation sites is 2. The van der Waals surface area contributed by atoms with Gasteiger partial charge in [0.1, 0.15) is 0 Å². The molecule has 0 N–H and O–H groups in total. The minimum Gasteiger partial charge on any atom is -0.311 e. The Labute approximate surface area is 631 Å². The first kappa shape index (κ1) is 58.5. The summed E-state index contributed by atoms with van der Waals surface area (Å²) in [5.41, 5.74) is 45.5. The van der Waals surface area contributed by atoms with Crippen molar-refractivity contribution in [3.8, 4) is 83.6 Å². The Hall–Kier alpha value is -13.8. The topological polar surface area (TPSA) is 11.4 Å². The minimum absolute atomic E-state index is 0.302. The Balaban J connectivity index is 0.877. The van der Waals surface area contributed by atoms with Crippen LogP contribution in [-0.4, -0.2) is 11.3 Å². The van der Waals surface area contributed by atoms with Gasteiger partial charge in [-0.1, -0.05) is 334 Å². The van der Waals surface area contributed by atoms with Gasteiger partial charge in [-0.3, -0.25) is 0 Å². The van der Waals surface area contributed by atoms with Crippen molar-refractivity contribution in [1.29, 1.82) is 0 Å². The maximum Gasteiger partial charge on any atom is 0.252 e. The molecular weight excluding hydrogens is 1310 g/mol. The summed E-state index contributed by atoms with van der Waals surface area (Å²) in [4.78, 5) is 5.62. The summed E-state index contributed by atoms with van der Waals surface area (Å²) in [6, 6.07) is 146. The number of nitrogens with zero attached hydrogens (tertiary/aromatic N) is 3. The molecule has 0 atom stereocenters. The lowest BCUT2D eigenvalue weighted by Crippen LogP contribution is -2.62. The maximum absolute atomic E-state index is 2.87. The van der Waals surface area contributed by atoms with Crippen LogP contribution in [0, 0.1) is 0 Å². The second kappa shape index (κ2) is 20.8. The maximum atomic E-state index is 2.87. The van der Waals surface area contributed by atoms with Crippen molar-refractivity contribution in [3.63, 3.8) is 0 Å². The number of rotatable bonds is 4. The van der Waals surface area contributed by atoms with E-state index < -0.39 is 16.2 Å². The van der Waals surface area contributed by atoms with Crippen molar-refractivity contribution >= 4 is 79.0 Å². The molecule has 0 unspecified atom stereocenters. The molecule has 18 aromatic rings. The molecule has 0 amide bonds. The van der Waals surface area contributed by atoms with Crippen LogP contribution >= 0.6 is 0 Å². The first-order valence-corrected chi connectivity index (χ1v) is 38.4. The number of hydrogen-bond acceptors (Lipinski definition) is 2. The first-order valence-electron chi connectivity index (χ1n) is 38.4. The zero-order chi connectivity index (χ0) is 70.7. The van der Waals surface area contributed by atoms with Gasteiger partial charge >= 0.3 is 0 Å². The third kappa shape index (κ3) is 6.88. The number of aromatic nitrogens is 1. The highest BCUT2D eigenvalue weighted by molar-refractivity contribution is 7.00. The Kier molecular flexibility index (Phi) is 11.2. The lowest BCUT2D eigenvalue weighted by molar-refractivity contribution is 0.786. The van der Waals surface area contributed by atoms with Crippen molar-refractivity contribution in [3.05, 3.63) is 443 Å². The molecule has 109 heavy (non-hydrogen) atoms. The molecule has 3 spiro atoms. The van der Waals surface area contributed by atoms with Crippen LogP contribution < -0.4 is 26.2 Å². The second-order valence-electron chi connectivity index (χ2n) is 31.0. The summed E-state index contributed by atoms with van der Waals surface area (Å²) >= 11 is 0. The predicted molar refractivity (Wildman–Crippen MR) is 449 cm³/mol. The van der Waals surface area contributed by atoms with Crippen LogP contribution in [0.1, 0.15) is 66.8 Å². The molecule has 0 bridgehead atoms. The van der Waals surface area contributed by atoms with E-state index in [0.717, 1.165) is 39.5 Å². The first-order chi connectivity index (χ1) is 54.1. The fraction of sp³-hybridized carbons (Fsp3) is 0.0286. The van der Waals surface area contributed by atoms with Crippen molar-refractivity contribution in [2.24, 2.45) is 0 Å². The average Bonchev–Trinajstić information content (AvgIpc) is 1.54. The van der Waals surface area contributed by atoms with Gasteiger partial charge in [0, 0.05) is 55.9 Å². The van der Waals surface area contributed by atoms with E-state index in [9.17, 15) is 0 Å². The third-order valence-electron chi connectivity index (χ3n) is 26.6. The van der Waals surface area contributed by atoms with E-state index in [1.54, 1.807) is 0 Å². The number of fused-ring (bicyclic) bond motifs is 39. The van der Waals surface area contributed by atoms with Crippen molar-refractivity contribution < 1.29 is 0 Å². The molecule has 0 radical (unpaired) electrons. The van der Waals surface area contributed by atoms with E-state index >= 15 is 0 Å². The van der Waals surface area contributed by atoms with E-state index in [0.29, 0.717) is 0 Å². The zero-order valence-corrected chi connectivity index (χ0v) is 59.2. The van der Waals surface area contributed by atoms with E-state index in [2.05, 4.69) is 390 Å². The van der Waals surface area contributed by atoms with Gasteiger partial charge < -0.3 is 14.4 Å². The van der Waals surface area contributed by atoms with Gasteiger partial charge in [0.2, 0.25) is 0 Å². The fourth-order valence-corrected chi connectivity index (χ4v) is 22.9. The zero-order valence-electron chi connectivity index (χ0n) is 59.2. The summed E-state index contributed by atoms with van der Waals surface area (Å²) in [6.07, 6.45) is 0. The van der Waals surface area contributed by atoms with Crippen molar-refractivity contribution in [2.75, 3.05) is 9.80 Å². The summed E-state index contributed by atoms with van der Waals surface area (Å²) in [5.74, 6) is 0. The largest absolute Gasteiger partial charge is 0.311 e. The standard InChI is InChI=1S/C105H62BN3/c1-2-27-63(28-3-1)64-53-55-65(56-54-64)108-95-61-66(107-92-50-24-13-37-75(92)76-38-14-25-51-93(76)107)62-96-100(95)106(90-60-58-89-97(101(90)108)79-39-12-23-49-88(79)103(89)80-41-15-4-29-67(80)68-30-5-16-42-81(68)103)91-59-57-78-74-36-11-22-48-87(74)105(84-45-19-8-33-71(84)72-34-9-20-46-85(72)105)99(78)102(91)109(96)94-52-26-40-77-73-35-10-21-47-86(73)104(98(77)94)82-43-17-6-31-69(82)70-32-7-18-44-83(70)104/h1-62H. The van der Waals surface area contributed by atoms with Crippen LogP contribution in [0.4, 0.5) is 34.1 Å². The Morgan fingerprint density at radius 2 is 0.587 bits per heavy atom. The number of anilines is 6. The van der Waals surface area contributed by atoms with Crippen LogP contribution in [0.3, 0.4) is 0 Å². The minimum atomic E-state index is -0.755. The number of hydrogen-bond donors (Lipinski definition) is 0. The van der Waals surface area contributed by atoms with E-state index in [1.165, 1.54) is 183 Å². The van der Waals surface area contributed by atoms with Gasteiger partial charge in [0.05, 0.1) is 38.7 Å². The molecule has 2 aliphatic heterocycles. The van der Waals surface area contributed by atoms with E-state index in [-0.39, 0.29) is 6.71 Å². The SMILES string of the molecule is c1ccc(-c2ccc(N3c4cc(-n5c6ccccc6c6ccccc65)cc5c4B(c4ccc6c(c43)-c3ccccc3C63c4ccccc4-c4ccccc43)c3ccc4c(c3N5c3cccc5c3C3(c6ccccc6-c6ccccc63)c3ccccc3-5)C3(c5ccccc5-c5ccccc53)c3ccccc3-4)cc2)cc1. The fourth-order valence-electron chi connectivity index (χ4n) is 22.9. The van der Waals surface area contributed by atoms with Gasteiger partial charge in [0.25, 0.3) is 6.71 Å². The predicted octanol–water partition coefficient (Wildman–Crippen LogP) is 23.6. The average molecular weight is 1380 g/mol. The van der Waals surface area contributed by atoms with E-state index in [4.69, 9.17) is 0 Å². The van der Waals surface area contributed by atoms with Gasteiger partial charge in [-0.05, 0) is 187 Å². The normalized spacial score (nSPS) is 15.0. The van der Waals surface area contributed by atoms with Gasteiger partial charge in [-0.15, -0.1) is 0 Å². The van der Waals surface area contributed by atoms with Gasteiger partial charge in [0.15, 0.2) is 0 Å². The van der Waals surface area contributed by atoms with Gasteiger partial charge in [-0.25, -0.2) is 0 Å². The molecular formula is C105H62BN3. The lowest BCUT2D eigenvalue weighted by atomic mass is 9.33. The molecule has 8 aliphatic rings. The molecule has 0 saturated heterocycles. The molecule has 4 heteroatoms. The van der Waals surface area contributed by atoms with Crippen molar-refractivity contribution in [1.82, 2.24) is 4.57 Å². The summed E-state index contributed by atoms with van der Waals surface area (Å²) in [6.45, 7) is -0.302. The summed E-state index contributed by atoms with van der Waals surface area (Å²) < 4.78 is 2.59. The van der Waals surface area contributed by atoms with Crippen LogP contribution in [0.15, 0.2) is 376 Å². The quantitative estimate of drug-likeness (QED) is 0.163. The van der Waals surface area contributed by atoms with Crippen LogP contribution in [0.25, 0.3) is 105 Å². The molecule has 3 heterocycles. The molecule has 6 aliphatic carbocycles. The molecule has 500 valence electrons. The highest BCUT2D eigenvalue weighted by Gasteiger charge is 2.60. The van der Waals surface area contributed by atoms with Crippen LogP contribution in [-0.2, 0) is 16.2 Å². The molecule has 3 nitrogen and oxygen atoms in total. The van der Waals surface area contributed by atoms with Crippen LogP contribution in [0.5, 0.6) is 0 Å². The Bertz CT molecular complexity index is 6930. The summed E-state index contributed by atoms with van der Waals surface area (Å²) in [5, 5.41) is 2.44. The molecule has 1 aromatic heterocycles. The Morgan fingerprint density at radius 1 is 0.220 bits per heavy atom. The van der Waals surface area contributed by atoms with Crippen molar-refractivity contribution in [2.45, 2.75) is 16.2 Å². The van der Waals surface area contributed by atoms with Gasteiger partial charge in [-0.2, -0.15) is 0 Å². The second-order valence-corrected chi connectivity index (χ2v) is 31.0. The summed E-state index contributed by atoms with van der Waals surface area (Å²) in [7, 11) is 0. The number of benzene rings is 17. The molecule has 26 rings (SSSR count). The Morgan fingerprint density at radius 3 is 1.09 bits per heavy atom. The smallest absolute Gasteiger partial charge is 0.252 e.